The maximum Gasteiger partial charge on any atom is 0.471 e. The van der Waals surface area contributed by atoms with E-state index in [9.17, 15) is 18.0 Å². The maximum absolute atomic E-state index is 11.9. The minimum absolute atomic E-state index is 0.216. The molecule has 0 aliphatic carbocycles. The standard InChI is InChI=1S/C12H9F3N2O2/c13-12(14,15)11(18)16-6-2-4-8-3-1-5-9-10(8)17-7-19-9/h1-5,7H,6H2,(H,16,18). The Morgan fingerprint density at radius 1 is 1.42 bits per heavy atom. The lowest BCUT2D eigenvalue weighted by molar-refractivity contribution is -0.173. The van der Waals surface area contributed by atoms with Crippen molar-refractivity contribution in [2.24, 2.45) is 0 Å². The first kappa shape index (κ1) is 13.1. The minimum Gasteiger partial charge on any atom is -0.443 e. The van der Waals surface area contributed by atoms with Gasteiger partial charge in [0.05, 0.1) is 0 Å². The van der Waals surface area contributed by atoms with Crippen molar-refractivity contribution in [3.8, 4) is 0 Å². The third-order valence-corrected chi connectivity index (χ3v) is 2.33. The smallest absolute Gasteiger partial charge is 0.443 e. The Kier molecular flexibility index (Phi) is 3.55. The van der Waals surface area contributed by atoms with Gasteiger partial charge in [-0.25, -0.2) is 4.98 Å². The number of carbonyl (C=O) groups excluding carboxylic acids is 1. The predicted octanol–water partition coefficient (Wildman–Crippen LogP) is 2.52. The number of rotatable bonds is 3. The lowest BCUT2D eigenvalue weighted by Gasteiger charge is -2.04. The number of aromatic nitrogens is 1. The van der Waals surface area contributed by atoms with Crippen LogP contribution in [0.25, 0.3) is 17.2 Å². The topological polar surface area (TPSA) is 55.1 Å². The Labute approximate surface area is 105 Å². The molecular formula is C12H9F3N2O2. The van der Waals surface area contributed by atoms with Crippen molar-refractivity contribution in [3.05, 3.63) is 36.2 Å². The molecule has 2 aromatic rings. The number of hydrogen-bond donors (Lipinski definition) is 1. The second-order valence-corrected chi connectivity index (χ2v) is 3.66. The average Bonchev–Trinajstić information content (AvgIpc) is 2.81. The monoisotopic (exact) mass is 270 g/mol. The number of fused-ring (bicyclic) bond motifs is 1. The van der Waals surface area contributed by atoms with E-state index in [1.54, 1.807) is 29.6 Å². The molecule has 0 unspecified atom stereocenters. The van der Waals surface area contributed by atoms with Crippen LogP contribution >= 0.6 is 0 Å². The Balaban J connectivity index is 2.00. The zero-order chi connectivity index (χ0) is 13.9. The van der Waals surface area contributed by atoms with Gasteiger partial charge in [-0.1, -0.05) is 24.3 Å². The summed E-state index contributed by atoms with van der Waals surface area (Å²) in [4.78, 5) is 14.5. The fourth-order valence-corrected chi connectivity index (χ4v) is 1.48. The van der Waals surface area contributed by atoms with Crippen LogP contribution in [-0.2, 0) is 4.79 Å². The van der Waals surface area contributed by atoms with E-state index >= 15 is 0 Å². The number of oxazole rings is 1. The number of halogens is 3. The summed E-state index contributed by atoms with van der Waals surface area (Å²) in [6, 6.07) is 5.21. The van der Waals surface area contributed by atoms with E-state index in [0.717, 1.165) is 0 Å². The van der Waals surface area contributed by atoms with E-state index in [-0.39, 0.29) is 6.54 Å². The molecule has 1 amide bonds. The Bertz CT molecular complexity index is 617. The van der Waals surface area contributed by atoms with Gasteiger partial charge in [0.15, 0.2) is 12.0 Å². The normalized spacial score (nSPS) is 12.2. The second-order valence-electron chi connectivity index (χ2n) is 3.66. The van der Waals surface area contributed by atoms with Crippen LogP contribution in [0.2, 0.25) is 0 Å². The fourth-order valence-electron chi connectivity index (χ4n) is 1.48. The number of amides is 1. The van der Waals surface area contributed by atoms with Gasteiger partial charge in [0.1, 0.15) is 5.52 Å². The molecule has 0 saturated carbocycles. The Morgan fingerprint density at radius 2 is 2.21 bits per heavy atom. The van der Waals surface area contributed by atoms with Crippen molar-refractivity contribution in [1.82, 2.24) is 10.3 Å². The lowest BCUT2D eigenvalue weighted by atomic mass is 10.2. The number of carbonyl (C=O) groups is 1. The van der Waals surface area contributed by atoms with Gasteiger partial charge in [-0.2, -0.15) is 13.2 Å². The summed E-state index contributed by atoms with van der Waals surface area (Å²) in [6.07, 6.45) is -0.595. The van der Waals surface area contributed by atoms with Gasteiger partial charge in [0.2, 0.25) is 0 Å². The molecule has 0 aliphatic rings. The number of alkyl halides is 3. The number of hydrogen-bond acceptors (Lipinski definition) is 3. The molecule has 1 heterocycles. The minimum atomic E-state index is -4.86. The van der Waals surface area contributed by atoms with E-state index in [1.807, 2.05) is 0 Å². The SMILES string of the molecule is O=C(NCC=Cc1cccc2ocnc12)C(F)(F)F. The van der Waals surface area contributed by atoms with E-state index in [4.69, 9.17) is 4.42 Å². The van der Waals surface area contributed by atoms with Crippen LogP contribution in [0.5, 0.6) is 0 Å². The highest BCUT2D eigenvalue weighted by molar-refractivity contribution is 5.83. The molecule has 0 aliphatic heterocycles. The van der Waals surface area contributed by atoms with Gasteiger partial charge in [0, 0.05) is 12.1 Å². The number of nitrogens with zero attached hydrogens (tertiary/aromatic N) is 1. The summed E-state index contributed by atoms with van der Waals surface area (Å²) < 4.78 is 40.8. The molecule has 0 fully saturated rings. The van der Waals surface area contributed by atoms with Crippen molar-refractivity contribution in [3.63, 3.8) is 0 Å². The average molecular weight is 270 g/mol. The fraction of sp³-hybridized carbons (Fsp3) is 0.167. The summed E-state index contributed by atoms with van der Waals surface area (Å²) in [7, 11) is 0. The molecular weight excluding hydrogens is 261 g/mol. The third kappa shape index (κ3) is 3.12. The largest absolute Gasteiger partial charge is 0.471 e. The first-order chi connectivity index (χ1) is 8.98. The molecule has 0 radical (unpaired) electrons. The van der Waals surface area contributed by atoms with Crippen LogP contribution in [0.15, 0.2) is 35.1 Å². The van der Waals surface area contributed by atoms with E-state index in [2.05, 4.69) is 4.98 Å². The van der Waals surface area contributed by atoms with Crippen molar-refractivity contribution in [2.75, 3.05) is 6.54 Å². The quantitative estimate of drug-likeness (QED) is 0.932. The molecule has 0 spiro atoms. The van der Waals surface area contributed by atoms with Crippen molar-refractivity contribution < 1.29 is 22.4 Å². The molecule has 1 N–H and O–H groups in total. The first-order valence-electron chi connectivity index (χ1n) is 5.32. The summed E-state index contributed by atoms with van der Waals surface area (Å²) >= 11 is 0. The van der Waals surface area contributed by atoms with E-state index in [0.29, 0.717) is 16.7 Å². The highest BCUT2D eigenvalue weighted by Gasteiger charge is 2.37. The predicted molar refractivity (Wildman–Crippen MR) is 62.1 cm³/mol. The summed E-state index contributed by atoms with van der Waals surface area (Å²) in [6.45, 7) is -0.216. The summed E-state index contributed by atoms with van der Waals surface area (Å²) in [5.41, 5.74) is 1.90. The molecule has 0 saturated heterocycles. The number of benzene rings is 1. The maximum atomic E-state index is 11.9. The molecule has 1 aromatic heterocycles. The summed E-state index contributed by atoms with van der Waals surface area (Å²) in [5.74, 6) is -1.96. The molecule has 100 valence electrons. The van der Waals surface area contributed by atoms with Crippen molar-refractivity contribution in [2.45, 2.75) is 6.18 Å². The van der Waals surface area contributed by atoms with Gasteiger partial charge in [-0.05, 0) is 6.07 Å². The third-order valence-electron chi connectivity index (χ3n) is 2.33. The molecule has 19 heavy (non-hydrogen) atoms. The molecule has 0 bridgehead atoms. The van der Waals surface area contributed by atoms with Gasteiger partial charge in [0.25, 0.3) is 0 Å². The highest BCUT2D eigenvalue weighted by Crippen LogP contribution is 2.18. The molecule has 0 atom stereocenters. The Morgan fingerprint density at radius 3 is 2.95 bits per heavy atom. The second kappa shape index (κ2) is 5.13. The van der Waals surface area contributed by atoms with Crippen LogP contribution < -0.4 is 5.32 Å². The molecule has 4 nitrogen and oxygen atoms in total. The molecule has 7 heteroatoms. The first-order valence-corrected chi connectivity index (χ1v) is 5.32. The van der Waals surface area contributed by atoms with Gasteiger partial charge in [-0.3, -0.25) is 4.79 Å². The van der Waals surface area contributed by atoms with Gasteiger partial charge >= 0.3 is 12.1 Å². The van der Waals surface area contributed by atoms with Crippen molar-refractivity contribution in [1.29, 1.82) is 0 Å². The number of nitrogens with one attached hydrogen (secondary N) is 1. The van der Waals surface area contributed by atoms with E-state index in [1.165, 1.54) is 12.5 Å². The van der Waals surface area contributed by atoms with E-state index < -0.39 is 12.1 Å². The van der Waals surface area contributed by atoms with Crippen LogP contribution in [0.4, 0.5) is 13.2 Å². The summed E-state index contributed by atoms with van der Waals surface area (Å²) in [5, 5.41) is 1.74. The molecule has 2 rings (SSSR count). The lowest BCUT2D eigenvalue weighted by Crippen LogP contribution is -2.36. The Hall–Kier alpha value is -2.31. The molecule has 1 aromatic carbocycles. The zero-order valence-corrected chi connectivity index (χ0v) is 9.57. The van der Waals surface area contributed by atoms with Gasteiger partial charge in [-0.15, -0.1) is 0 Å². The van der Waals surface area contributed by atoms with Crippen LogP contribution in [0, 0.1) is 0 Å². The van der Waals surface area contributed by atoms with Crippen LogP contribution in [0.3, 0.4) is 0 Å². The van der Waals surface area contributed by atoms with Crippen LogP contribution in [0.1, 0.15) is 5.56 Å². The zero-order valence-electron chi connectivity index (χ0n) is 9.57. The number of para-hydroxylation sites is 1. The van der Waals surface area contributed by atoms with Gasteiger partial charge < -0.3 is 9.73 Å². The van der Waals surface area contributed by atoms with Crippen LogP contribution in [-0.4, -0.2) is 23.6 Å². The highest BCUT2D eigenvalue weighted by atomic mass is 19.4. The van der Waals surface area contributed by atoms with Crippen molar-refractivity contribution >= 4 is 23.1 Å².